The van der Waals surface area contributed by atoms with Crippen molar-refractivity contribution in [1.82, 2.24) is 0 Å². The first-order chi connectivity index (χ1) is 12.7. The largest absolute Gasteiger partial charge is 0.0993 e. The van der Waals surface area contributed by atoms with Crippen molar-refractivity contribution in [2.24, 2.45) is 46.3 Å². The van der Waals surface area contributed by atoms with Gasteiger partial charge in [0.2, 0.25) is 0 Å². The first-order valence-electron chi connectivity index (χ1n) is 12.4. The standard InChI is InChI=1S/C27H48/c1-19(2)10-8-9-11-23-12-13-24-22(5)25(15-17-27(23,24)7)26(6)16-14-20(3)18-21(26)4/h19-20,22-25H,4,8-18H2,1-3,5-7H3. The molecule has 7 atom stereocenters. The molecule has 0 bridgehead atoms. The minimum absolute atomic E-state index is 0.419. The number of fused-ring (bicyclic) bond motifs is 1. The lowest BCUT2D eigenvalue weighted by Gasteiger charge is -2.55. The summed E-state index contributed by atoms with van der Waals surface area (Å²) in [5.41, 5.74) is 2.64. The molecular weight excluding hydrogens is 324 g/mol. The highest BCUT2D eigenvalue weighted by molar-refractivity contribution is 5.17. The quantitative estimate of drug-likeness (QED) is 0.323. The summed E-state index contributed by atoms with van der Waals surface area (Å²) in [5, 5.41) is 0. The van der Waals surface area contributed by atoms with Gasteiger partial charge in [0, 0.05) is 0 Å². The molecule has 0 heterocycles. The van der Waals surface area contributed by atoms with E-state index in [2.05, 4.69) is 48.1 Å². The smallest absolute Gasteiger partial charge is 0.00880 e. The number of unbranched alkanes of at least 4 members (excludes halogenated alkanes) is 1. The van der Waals surface area contributed by atoms with Gasteiger partial charge in [-0.05, 0) is 97.7 Å². The lowest BCUT2D eigenvalue weighted by Crippen LogP contribution is -2.47. The molecule has 27 heavy (non-hydrogen) atoms. The molecule has 3 rings (SSSR count). The summed E-state index contributed by atoms with van der Waals surface area (Å²) in [5.74, 6) is 5.47. The molecule has 0 aromatic carbocycles. The Morgan fingerprint density at radius 1 is 0.963 bits per heavy atom. The molecular formula is C27H48. The Bertz CT molecular complexity index is 516. The number of allylic oxidation sites excluding steroid dienone is 1. The van der Waals surface area contributed by atoms with Crippen LogP contribution in [0.15, 0.2) is 12.2 Å². The fourth-order valence-corrected chi connectivity index (χ4v) is 7.85. The molecule has 3 saturated carbocycles. The fourth-order valence-electron chi connectivity index (χ4n) is 7.85. The Kier molecular flexibility index (Phi) is 6.54. The van der Waals surface area contributed by atoms with Gasteiger partial charge in [-0.25, -0.2) is 0 Å². The second-order valence-corrected chi connectivity index (χ2v) is 11.9. The zero-order valence-electron chi connectivity index (χ0n) is 19.4. The van der Waals surface area contributed by atoms with Crippen LogP contribution < -0.4 is 0 Å². The van der Waals surface area contributed by atoms with Gasteiger partial charge in [0.1, 0.15) is 0 Å². The van der Waals surface area contributed by atoms with Crippen molar-refractivity contribution in [1.29, 1.82) is 0 Å². The monoisotopic (exact) mass is 372 g/mol. The molecule has 0 saturated heterocycles. The van der Waals surface area contributed by atoms with Crippen LogP contribution in [0.2, 0.25) is 0 Å². The average molecular weight is 373 g/mol. The fraction of sp³-hybridized carbons (Fsp3) is 0.926. The van der Waals surface area contributed by atoms with Gasteiger partial charge in [-0.3, -0.25) is 0 Å². The van der Waals surface area contributed by atoms with E-state index in [-0.39, 0.29) is 0 Å². The molecule has 0 N–H and O–H groups in total. The SMILES string of the molecule is C=C1CC(C)CCC1(C)C1CCC2(C)C(CCCCC(C)C)CCC2C1C. The molecule has 0 radical (unpaired) electrons. The topological polar surface area (TPSA) is 0 Å². The molecule has 0 nitrogen and oxygen atoms in total. The second kappa shape index (κ2) is 8.23. The Balaban J connectivity index is 1.64. The average Bonchev–Trinajstić information content (AvgIpc) is 2.93. The van der Waals surface area contributed by atoms with Gasteiger partial charge in [0.05, 0.1) is 0 Å². The molecule has 3 fully saturated rings. The third kappa shape index (κ3) is 4.06. The van der Waals surface area contributed by atoms with Crippen LogP contribution in [0.3, 0.4) is 0 Å². The van der Waals surface area contributed by atoms with Crippen LogP contribution in [0.5, 0.6) is 0 Å². The highest BCUT2D eigenvalue weighted by Crippen LogP contribution is 2.64. The van der Waals surface area contributed by atoms with Gasteiger partial charge in [-0.1, -0.05) is 73.0 Å². The molecule has 156 valence electrons. The van der Waals surface area contributed by atoms with E-state index in [0.29, 0.717) is 10.8 Å². The Hall–Kier alpha value is -0.260. The Morgan fingerprint density at radius 3 is 2.37 bits per heavy atom. The predicted molar refractivity (Wildman–Crippen MR) is 120 cm³/mol. The molecule has 7 unspecified atom stereocenters. The van der Waals surface area contributed by atoms with Crippen molar-refractivity contribution in [3.8, 4) is 0 Å². The van der Waals surface area contributed by atoms with Crippen molar-refractivity contribution in [3.05, 3.63) is 12.2 Å². The highest BCUT2D eigenvalue weighted by Gasteiger charge is 2.55. The Morgan fingerprint density at radius 2 is 1.70 bits per heavy atom. The summed E-state index contributed by atoms with van der Waals surface area (Å²) >= 11 is 0. The molecule has 0 amide bonds. The molecule has 0 heteroatoms. The van der Waals surface area contributed by atoms with Crippen molar-refractivity contribution < 1.29 is 0 Å². The van der Waals surface area contributed by atoms with Gasteiger partial charge in [0.15, 0.2) is 0 Å². The molecule has 3 aliphatic rings. The van der Waals surface area contributed by atoms with Gasteiger partial charge < -0.3 is 0 Å². The third-order valence-electron chi connectivity index (χ3n) is 9.83. The van der Waals surface area contributed by atoms with Crippen molar-refractivity contribution in [2.75, 3.05) is 0 Å². The molecule has 0 aromatic heterocycles. The van der Waals surface area contributed by atoms with Crippen LogP contribution in [0.4, 0.5) is 0 Å². The van der Waals surface area contributed by atoms with E-state index in [4.69, 9.17) is 0 Å². The van der Waals surface area contributed by atoms with E-state index in [9.17, 15) is 0 Å². The van der Waals surface area contributed by atoms with Gasteiger partial charge >= 0.3 is 0 Å². The van der Waals surface area contributed by atoms with Crippen molar-refractivity contribution in [2.45, 2.75) is 112 Å². The lowest BCUT2D eigenvalue weighted by atomic mass is 9.50. The summed E-state index contributed by atoms with van der Waals surface area (Å²) in [4.78, 5) is 0. The van der Waals surface area contributed by atoms with Crippen LogP contribution in [0.25, 0.3) is 0 Å². The molecule has 0 aliphatic heterocycles. The van der Waals surface area contributed by atoms with Crippen molar-refractivity contribution >= 4 is 0 Å². The zero-order chi connectivity index (χ0) is 19.8. The lowest BCUT2D eigenvalue weighted by molar-refractivity contribution is -0.0308. The first-order valence-corrected chi connectivity index (χ1v) is 12.4. The summed E-state index contributed by atoms with van der Waals surface area (Å²) in [6, 6.07) is 0. The minimum Gasteiger partial charge on any atom is -0.0993 e. The van der Waals surface area contributed by atoms with Gasteiger partial charge in [-0.15, -0.1) is 0 Å². The molecule has 0 spiro atoms. The maximum Gasteiger partial charge on any atom is -0.00880 e. The van der Waals surface area contributed by atoms with Crippen molar-refractivity contribution in [3.63, 3.8) is 0 Å². The third-order valence-corrected chi connectivity index (χ3v) is 9.83. The second-order valence-electron chi connectivity index (χ2n) is 11.9. The zero-order valence-corrected chi connectivity index (χ0v) is 19.4. The molecule has 0 aromatic rings. The number of hydrogen-bond acceptors (Lipinski definition) is 0. The molecule has 3 aliphatic carbocycles. The normalized spacial score (nSPS) is 45.3. The summed E-state index contributed by atoms with van der Waals surface area (Å²) < 4.78 is 0. The van der Waals surface area contributed by atoms with E-state index in [1.807, 2.05) is 0 Å². The minimum atomic E-state index is 0.419. The maximum absolute atomic E-state index is 4.61. The number of rotatable bonds is 6. The van der Waals surface area contributed by atoms with Gasteiger partial charge in [-0.2, -0.15) is 0 Å². The van der Waals surface area contributed by atoms with Gasteiger partial charge in [0.25, 0.3) is 0 Å². The maximum atomic E-state index is 4.61. The van der Waals surface area contributed by atoms with E-state index >= 15 is 0 Å². The predicted octanol–water partition coefficient (Wildman–Crippen LogP) is 8.66. The van der Waals surface area contributed by atoms with E-state index < -0.39 is 0 Å². The van der Waals surface area contributed by atoms with Crippen LogP contribution in [0.1, 0.15) is 112 Å². The Labute approximate surface area is 171 Å². The van der Waals surface area contributed by atoms with Crippen LogP contribution in [-0.4, -0.2) is 0 Å². The van der Waals surface area contributed by atoms with E-state index in [1.165, 1.54) is 70.6 Å². The first kappa shape index (κ1) is 21.4. The van der Waals surface area contributed by atoms with E-state index in [0.717, 1.165) is 35.5 Å². The summed E-state index contributed by atoms with van der Waals surface area (Å²) in [7, 11) is 0. The van der Waals surface area contributed by atoms with Crippen LogP contribution in [-0.2, 0) is 0 Å². The van der Waals surface area contributed by atoms with Crippen LogP contribution >= 0.6 is 0 Å². The number of hydrogen-bond donors (Lipinski definition) is 0. The van der Waals surface area contributed by atoms with Crippen LogP contribution in [0, 0.1) is 46.3 Å². The highest BCUT2D eigenvalue weighted by atomic mass is 14.6. The van der Waals surface area contributed by atoms with E-state index in [1.54, 1.807) is 5.57 Å². The summed E-state index contributed by atoms with van der Waals surface area (Å²) in [6.45, 7) is 19.7. The summed E-state index contributed by atoms with van der Waals surface area (Å²) in [6.07, 6.45) is 15.9.